The molecule has 0 aromatic rings. The Balaban J connectivity index is 4.17. The molecule has 0 aromatic carbocycles. The Kier molecular flexibility index (Phi) is 2.50. The normalized spacial score (nSPS) is 18.5. The summed E-state index contributed by atoms with van der Waals surface area (Å²) in [5.41, 5.74) is 0. The lowest BCUT2D eigenvalue weighted by atomic mass is 10.6. The first-order valence-electron chi connectivity index (χ1n) is 2.42. The van der Waals surface area contributed by atoms with Gasteiger partial charge in [0.25, 0.3) is 0 Å². The fourth-order valence-corrected chi connectivity index (χ4v) is 0.577. The summed E-state index contributed by atoms with van der Waals surface area (Å²) in [5.74, 6) is 3.39. The van der Waals surface area contributed by atoms with E-state index in [0.29, 0.717) is 0 Å². The van der Waals surface area contributed by atoms with Gasteiger partial charge in [0.2, 0.25) is 0 Å². The van der Waals surface area contributed by atoms with E-state index >= 15 is 0 Å². The summed E-state index contributed by atoms with van der Waals surface area (Å²) in [5, 5.41) is 0.00694. The predicted molar refractivity (Wildman–Crippen MR) is 37.4 cm³/mol. The van der Waals surface area contributed by atoms with Crippen LogP contribution in [0.1, 0.15) is 13.8 Å². The molecule has 0 aliphatic carbocycles. The lowest BCUT2D eigenvalue weighted by Gasteiger charge is -2.08. The van der Waals surface area contributed by atoms with Crippen molar-refractivity contribution in [2.45, 2.75) is 19.1 Å². The Bertz CT molecular complexity index is 144. The quantitative estimate of drug-likeness (QED) is 0.522. The van der Waals surface area contributed by atoms with Crippen molar-refractivity contribution in [3.05, 3.63) is 0 Å². The number of rotatable bonds is 2. The summed E-state index contributed by atoms with van der Waals surface area (Å²) in [7, 11) is -0.824. The van der Waals surface area contributed by atoms with Crippen molar-refractivity contribution in [3.8, 4) is 0 Å². The average Bonchev–Trinajstić information content (AvgIpc) is 1.67. The van der Waals surface area contributed by atoms with E-state index in [2.05, 4.69) is 10.1 Å². The zero-order valence-corrected chi connectivity index (χ0v) is 6.33. The standard InChI is InChI=1S/C5H12O2S/c1-5(2)8(4,6)7-3/h5H,4H2,1-3H3. The Morgan fingerprint density at radius 1 is 1.62 bits per heavy atom. The zero-order valence-electron chi connectivity index (χ0n) is 5.51. The van der Waals surface area contributed by atoms with Crippen LogP contribution in [0.15, 0.2) is 0 Å². The average molecular weight is 136 g/mol. The van der Waals surface area contributed by atoms with Gasteiger partial charge in [-0.15, -0.1) is 0 Å². The van der Waals surface area contributed by atoms with Crippen molar-refractivity contribution in [2.24, 2.45) is 0 Å². The van der Waals surface area contributed by atoms with Gasteiger partial charge in [0, 0.05) is 5.25 Å². The molecule has 0 aliphatic rings. The van der Waals surface area contributed by atoms with Crippen molar-refractivity contribution < 1.29 is 8.39 Å². The molecule has 0 aromatic heterocycles. The van der Waals surface area contributed by atoms with Gasteiger partial charge in [-0.25, -0.2) is 4.21 Å². The minimum atomic E-state index is -2.24. The Morgan fingerprint density at radius 2 is 2.00 bits per heavy atom. The second-order valence-corrected chi connectivity index (χ2v) is 4.48. The molecule has 50 valence electrons. The van der Waals surface area contributed by atoms with Crippen LogP contribution in [0.2, 0.25) is 0 Å². The van der Waals surface area contributed by atoms with Crippen LogP contribution in [0, 0.1) is 0 Å². The molecule has 0 rings (SSSR count). The molecular formula is C5H12O2S. The molecule has 0 aliphatic heterocycles. The van der Waals surface area contributed by atoms with E-state index < -0.39 is 9.80 Å². The molecule has 0 radical (unpaired) electrons. The molecule has 0 saturated heterocycles. The maximum atomic E-state index is 10.9. The van der Waals surface area contributed by atoms with Crippen LogP contribution in [0.3, 0.4) is 0 Å². The number of hydrogen-bond acceptors (Lipinski definition) is 2. The van der Waals surface area contributed by atoms with E-state index in [9.17, 15) is 4.21 Å². The van der Waals surface area contributed by atoms with Gasteiger partial charge >= 0.3 is 0 Å². The Labute approximate surface area is 51.1 Å². The molecule has 1 atom stereocenters. The van der Waals surface area contributed by atoms with Gasteiger partial charge in [0.05, 0.1) is 16.9 Å². The van der Waals surface area contributed by atoms with E-state index in [4.69, 9.17) is 0 Å². The third-order valence-corrected chi connectivity index (χ3v) is 3.00. The smallest absolute Gasteiger partial charge is 0.0792 e. The van der Waals surface area contributed by atoms with E-state index in [1.54, 1.807) is 0 Å². The van der Waals surface area contributed by atoms with Crippen molar-refractivity contribution in [2.75, 3.05) is 7.11 Å². The fraction of sp³-hybridized carbons (Fsp3) is 0.800. The minimum absolute atomic E-state index is 0.00694. The van der Waals surface area contributed by atoms with Gasteiger partial charge < -0.3 is 4.18 Å². The maximum absolute atomic E-state index is 10.9. The van der Waals surface area contributed by atoms with Crippen LogP contribution in [0.25, 0.3) is 0 Å². The van der Waals surface area contributed by atoms with Gasteiger partial charge in [0.15, 0.2) is 0 Å². The van der Waals surface area contributed by atoms with Crippen LogP contribution < -0.4 is 0 Å². The molecule has 2 nitrogen and oxygen atoms in total. The third kappa shape index (κ3) is 1.84. The van der Waals surface area contributed by atoms with Crippen LogP contribution >= 0.6 is 0 Å². The Hall–Kier alpha value is -0.0200. The minimum Gasteiger partial charge on any atom is -0.301 e. The molecule has 0 heterocycles. The lowest BCUT2D eigenvalue weighted by molar-refractivity contribution is 0.437. The van der Waals surface area contributed by atoms with Gasteiger partial charge in [-0.2, -0.15) is 0 Å². The summed E-state index contributed by atoms with van der Waals surface area (Å²) in [6.45, 7) is 3.64. The van der Waals surface area contributed by atoms with Crippen LogP contribution in [-0.2, 0) is 14.0 Å². The zero-order chi connectivity index (χ0) is 6.78. The molecule has 0 bridgehead atoms. The summed E-state index contributed by atoms with van der Waals surface area (Å²) in [4.78, 5) is 0. The van der Waals surface area contributed by atoms with Gasteiger partial charge in [0.1, 0.15) is 0 Å². The summed E-state index contributed by atoms with van der Waals surface area (Å²) >= 11 is 0. The molecule has 1 unspecified atom stereocenters. The van der Waals surface area contributed by atoms with Crippen molar-refractivity contribution in [1.82, 2.24) is 0 Å². The molecule has 8 heavy (non-hydrogen) atoms. The monoisotopic (exact) mass is 136 g/mol. The third-order valence-electron chi connectivity index (χ3n) is 1.00. The van der Waals surface area contributed by atoms with Crippen LogP contribution in [0.5, 0.6) is 0 Å². The first-order valence-corrected chi connectivity index (χ1v) is 4.14. The second kappa shape index (κ2) is 2.51. The van der Waals surface area contributed by atoms with E-state index in [1.807, 2.05) is 13.8 Å². The summed E-state index contributed by atoms with van der Waals surface area (Å²) in [6, 6.07) is 0. The van der Waals surface area contributed by atoms with Crippen molar-refractivity contribution in [3.63, 3.8) is 0 Å². The topological polar surface area (TPSA) is 26.3 Å². The number of hydrogen-bond donors (Lipinski definition) is 0. The first kappa shape index (κ1) is 7.98. The highest BCUT2D eigenvalue weighted by molar-refractivity contribution is 7.96. The molecule has 0 spiro atoms. The Morgan fingerprint density at radius 3 is 2.00 bits per heavy atom. The lowest BCUT2D eigenvalue weighted by Crippen LogP contribution is -2.14. The van der Waals surface area contributed by atoms with Gasteiger partial charge in [-0.1, -0.05) is 0 Å². The van der Waals surface area contributed by atoms with Crippen molar-refractivity contribution >= 4 is 15.7 Å². The van der Waals surface area contributed by atoms with E-state index in [0.717, 1.165) is 0 Å². The molecule has 0 N–H and O–H groups in total. The molecule has 0 amide bonds. The molecule has 3 heteroatoms. The van der Waals surface area contributed by atoms with Gasteiger partial charge in [-0.05, 0) is 19.7 Å². The van der Waals surface area contributed by atoms with E-state index in [-0.39, 0.29) is 5.25 Å². The molecule has 0 fully saturated rings. The highest BCUT2D eigenvalue weighted by atomic mass is 32.2. The molecular weight excluding hydrogens is 124 g/mol. The van der Waals surface area contributed by atoms with Crippen LogP contribution in [0.4, 0.5) is 0 Å². The highest BCUT2D eigenvalue weighted by Gasteiger charge is 2.05. The first-order chi connectivity index (χ1) is 3.50. The van der Waals surface area contributed by atoms with Gasteiger partial charge in [-0.3, -0.25) is 0 Å². The SMILES string of the molecule is C=S(=O)(OC)C(C)C. The second-order valence-electron chi connectivity index (χ2n) is 1.88. The summed E-state index contributed by atoms with van der Waals surface area (Å²) < 4.78 is 15.5. The maximum Gasteiger partial charge on any atom is 0.0792 e. The fourth-order valence-electron chi connectivity index (χ4n) is 0.192. The molecule has 0 saturated carbocycles. The van der Waals surface area contributed by atoms with Crippen LogP contribution in [-0.4, -0.2) is 22.4 Å². The predicted octanol–water partition coefficient (Wildman–Crippen LogP) is 0.673. The van der Waals surface area contributed by atoms with Crippen molar-refractivity contribution in [1.29, 1.82) is 0 Å². The van der Waals surface area contributed by atoms with E-state index in [1.165, 1.54) is 7.11 Å². The highest BCUT2D eigenvalue weighted by Crippen LogP contribution is 1.98. The summed E-state index contributed by atoms with van der Waals surface area (Å²) in [6.07, 6.45) is 0. The largest absolute Gasteiger partial charge is 0.301 e.